The number of ether oxygens (including phenoxy) is 4. The maximum Gasteiger partial charge on any atom is 0.263 e. The predicted octanol–water partition coefficient (Wildman–Crippen LogP) is 4.64. The molecule has 1 atom stereocenters. The van der Waals surface area contributed by atoms with Gasteiger partial charge in [-0.05, 0) is 66.4 Å². The maximum atomic E-state index is 13.3. The standard InChI is InChI=1S/C30H34N2O6/c1-5-25-30(34)32(14-13-20-9-11-27(36-3)28(16-20)37-4)19-22-18-23(10-12-26(22)38-25)31-29(33)17-21-7-6-8-24(15-21)35-2/h6-12,15-16,18,25H,5,13-14,17,19H2,1-4H3,(H,31,33)/t25-/m1/s1. The summed E-state index contributed by atoms with van der Waals surface area (Å²) >= 11 is 0. The molecule has 200 valence electrons. The first kappa shape index (κ1) is 26.9. The summed E-state index contributed by atoms with van der Waals surface area (Å²) in [6.07, 6.45) is 0.868. The molecule has 0 saturated heterocycles. The summed E-state index contributed by atoms with van der Waals surface area (Å²) < 4.78 is 22.1. The first-order valence-electron chi connectivity index (χ1n) is 12.7. The van der Waals surface area contributed by atoms with E-state index in [1.165, 1.54) is 0 Å². The third-order valence-electron chi connectivity index (χ3n) is 6.55. The number of hydrogen-bond acceptors (Lipinski definition) is 6. The molecule has 3 aromatic carbocycles. The van der Waals surface area contributed by atoms with Gasteiger partial charge in [0.15, 0.2) is 17.6 Å². The minimum atomic E-state index is -0.560. The van der Waals surface area contributed by atoms with Crippen molar-refractivity contribution in [1.82, 2.24) is 4.90 Å². The van der Waals surface area contributed by atoms with E-state index in [1.54, 1.807) is 27.4 Å². The highest BCUT2D eigenvalue weighted by molar-refractivity contribution is 5.92. The van der Waals surface area contributed by atoms with Gasteiger partial charge in [0.1, 0.15) is 11.5 Å². The van der Waals surface area contributed by atoms with Crippen LogP contribution in [0.15, 0.2) is 60.7 Å². The van der Waals surface area contributed by atoms with E-state index in [0.717, 1.165) is 16.7 Å². The molecule has 0 radical (unpaired) electrons. The lowest BCUT2D eigenvalue weighted by molar-refractivity contribution is -0.138. The van der Waals surface area contributed by atoms with Crippen molar-refractivity contribution in [2.24, 2.45) is 0 Å². The number of rotatable bonds is 10. The van der Waals surface area contributed by atoms with Gasteiger partial charge < -0.3 is 29.2 Å². The van der Waals surface area contributed by atoms with E-state index >= 15 is 0 Å². The molecule has 3 aromatic rings. The fourth-order valence-electron chi connectivity index (χ4n) is 4.51. The molecule has 8 heteroatoms. The number of nitrogens with zero attached hydrogens (tertiary/aromatic N) is 1. The van der Waals surface area contributed by atoms with E-state index in [2.05, 4.69) is 5.32 Å². The van der Waals surface area contributed by atoms with Crippen molar-refractivity contribution < 1.29 is 28.5 Å². The first-order chi connectivity index (χ1) is 18.4. The summed E-state index contributed by atoms with van der Waals surface area (Å²) in [4.78, 5) is 27.8. The molecule has 0 bridgehead atoms. The van der Waals surface area contributed by atoms with Gasteiger partial charge in [0.05, 0.1) is 27.8 Å². The molecule has 38 heavy (non-hydrogen) atoms. The molecule has 1 heterocycles. The van der Waals surface area contributed by atoms with Gasteiger partial charge in [0.2, 0.25) is 5.91 Å². The average molecular weight is 519 g/mol. The molecule has 0 saturated carbocycles. The Labute approximate surface area is 223 Å². The van der Waals surface area contributed by atoms with Gasteiger partial charge in [-0.3, -0.25) is 9.59 Å². The summed E-state index contributed by atoms with van der Waals surface area (Å²) in [6.45, 7) is 2.84. The van der Waals surface area contributed by atoms with Crippen molar-refractivity contribution in [3.8, 4) is 23.0 Å². The Balaban J connectivity index is 1.48. The molecule has 8 nitrogen and oxygen atoms in total. The SMILES string of the molecule is CC[C@H]1Oc2ccc(NC(=O)Cc3cccc(OC)c3)cc2CN(CCc2ccc(OC)c(OC)c2)C1=O. The van der Waals surface area contributed by atoms with E-state index in [0.29, 0.717) is 54.6 Å². The van der Waals surface area contributed by atoms with Crippen LogP contribution in [0.4, 0.5) is 5.69 Å². The number of nitrogens with one attached hydrogen (secondary N) is 1. The third kappa shape index (κ3) is 6.37. The molecular weight excluding hydrogens is 484 g/mol. The average Bonchev–Trinajstić information content (AvgIpc) is 3.07. The van der Waals surface area contributed by atoms with Gasteiger partial charge in [-0.2, -0.15) is 0 Å². The summed E-state index contributed by atoms with van der Waals surface area (Å²) in [5, 5.41) is 2.97. The van der Waals surface area contributed by atoms with E-state index in [4.69, 9.17) is 18.9 Å². The quantitative estimate of drug-likeness (QED) is 0.421. The van der Waals surface area contributed by atoms with Crippen LogP contribution in [0.5, 0.6) is 23.0 Å². The van der Waals surface area contributed by atoms with Gasteiger partial charge in [0, 0.05) is 24.3 Å². The van der Waals surface area contributed by atoms with Crippen LogP contribution in [0.3, 0.4) is 0 Å². The van der Waals surface area contributed by atoms with E-state index in [1.807, 2.05) is 66.4 Å². The fourth-order valence-corrected chi connectivity index (χ4v) is 4.51. The largest absolute Gasteiger partial charge is 0.497 e. The summed E-state index contributed by atoms with van der Waals surface area (Å²) in [5.74, 6) is 2.50. The molecule has 1 N–H and O–H groups in total. The third-order valence-corrected chi connectivity index (χ3v) is 6.55. The highest BCUT2D eigenvalue weighted by Crippen LogP contribution is 2.31. The van der Waals surface area contributed by atoms with Crippen molar-refractivity contribution in [2.75, 3.05) is 33.2 Å². The van der Waals surface area contributed by atoms with Crippen LogP contribution in [0, 0.1) is 0 Å². The van der Waals surface area contributed by atoms with Gasteiger partial charge in [-0.15, -0.1) is 0 Å². The summed E-state index contributed by atoms with van der Waals surface area (Å²) in [6, 6.07) is 18.7. The normalized spacial score (nSPS) is 14.7. The summed E-state index contributed by atoms with van der Waals surface area (Å²) in [5.41, 5.74) is 3.40. The first-order valence-corrected chi connectivity index (χ1v) is 12.7. The number of carbonyl (C=O) groups is 2. The molecule has 2 amide bonds. The second kappa shape index (κ2) is 12.4. The molecule has 0 unspecified atom stereocenters. The Morgan fingerprint density at radius 3 is 2.53 bits per heavy atom. The monoisotopic (exact) mass is 518 g/mol. The predicted molar refractivity (Wildman–Crippen MR) is 145 cm³/mol. The molecule has 4 rings (SSSR count). The number of anilines is 1. The maximum absolute atomic E-state index is 13.3. The lowest BCUT2D eigenvalue weighted by Crippen LogP contribution is -2.40. The van der Waals surface area contributed by atoms with Crippen LogP contribution >= 0.6 is 0 Å². The van der Waals surface area contributed by atoms with Gasteiger partial charge in [-0.25, -0.2) is 0 Å². The van der Waals surface area contributed by atoms with Gasteiger partial charge in [-0.1, -0.05) is 25.1 Å². The Morgan fingerprint density at radius 1 is 0.974 bits per heavy atom. The lowest BCUT2D eigenvalue weighted by Gasteiger charge is -2.23. The number of carbonyl (C=O) groups excluding carboxylic acids is 2. The van der Waals surface area contributed by atoms with Crippen LogP contribution in [0.2, 0.25) is 0 Å². The van der Waals surface area contributed by atoms with E-state index < -0.39 is 6.10 Å². The Bertz CT molecular complexity index is 1290. The number of amides is 2. The molecule has 1 aliphatic heterocycles. The van der Waals surface area contributed by atoms with Gasteiger partial charge >= 0.3 is 0 Å². The second-order valence-electron chi connectivity index (χ2n) is 9.11. The van der Waals surface area contributed by atoms with Crippen molar-refractivity contribution in [1.29, 1.82) is 0 Å². The smallest absolute Gasteiger partial charge is 0.263 e. The second-order valence-corrected chi connectivity index (χ2v) is 9.11. The Morgan fingerprint density at radius 2 is 1.79 bits per heavy atom. The highest BCUT2D eigenvalue weighted by atomic mass is 16.5. The number of benzene rings is 3. The molecule has 0 aliphatic carbocycles. The number of methoxy groups -OCH3 is 3. The number of fused-ring (bicyclic) bond motifs is 1. The minimum absolute atomic E-state index is 0.0483. The van der Waals surface area contributed by atoms with Crippen molar-refractivity contribution in [3.05, 3.63) is 77.4 Å². The van der Waals surface area contributed by atoms with Gasteiger partial charge in [0.25, 0.3) is 5.91 Å². The van der Waals surface area contributed by atoms with Crippen LogP contribution < -0.4 is 24.3 Å². The highest BCUT2D eigenvalue weighted by Gasteiger charge is 2.30. The zero-order chi connectivity index (χ0) is 27.1. The molecule has 0 fully saturated rings. The zero-order valence-corrected chi connectivity index (χ0v) is 22.3. The Kier molecular flexibility index (Phi) is 8.73. The molecular formula is C30H34N2O6. The number of hydrogen-bond donors (Lipinski definition) is 1. The lowest BCUT2D eigenvalue weighted by atomic mass is 10.1. The van der Waals surface area contributed by atoms with E-state index in [-0.39, 0.29) is 18.2 Å². The van der Waals surface area contributed by atoms with Crippen molar-refractivity contribution >= 4 is 17.5 Å². The van der Waals surface area contributed by atoms with Crippen LogP contribution in [-0.4, -0.2) is 50.7 Å². The molecule has 1 aliphatic rings. The van der Waals surface area contributed by atoms with Crippen molar-refractivity contribution in [2.45, 2.75) is 38.8 Å². The van der Waals surface area contributed by atoms with E-state index in [9.17, 15) is 9.59 Å². The molecule has 0 spiro atoms. The minimum Gasteiger partial charge on any atom is -0.497 e. The van der Waals surface area contributed by atoms with Crippen LogP contribution in [0.1, 0.15) is 30.0 Å². The molecule has 0 aromatic heterocycles. The topological polar surface area (TPSA) is 86.3 Å². The van der Waals surface area contributed by atoms with Crippen LogP contribution in [-0.2, 0) is 29.0 Å². The zero-order valence-electron chi connectivity index (χ0n) is 22.3. The van der Waals surface area contributed by atoms with Crippen molar-refractivity contribution in [3.63, 3.8) is 0 Å². The van der Waals surface area contributed by atoms with Crippen LogP contribution in [0.25, 0.3) is 0 Å². The fraction of sp³-hybridized carbons (Fsp3) is 0.333. The Hall–Kier alpha value is -4.20. The summed E-state index contributed by atoms with van der Waals surface area (Å²) in [7, 11) is 4.81.